The fourth-order valence-corrected chi connectivity index (χ4v) is 1.70. The normalized spacial score (nSPS) is 11.9. The summed E-state index contributed by atoms with van der Waals surface area (Å²) in [6.07, 6.45) is -9.09. The monoisotopic (exact) mass is 366 g/mol. The second-order valence-electron chi connectivity index (χ2n) is 4.55. The van der Waals surface area contributed by atoms with Gasteiger partial charge in [0.1, 0.15) is 28.5 Å². The van der Waals surface area contributed by atoms with Crippen molar-refractivity contribution in [3.8, 4) is 17.2 Å². The summed E-state index contributed by atoms with van der Waals surface area (Å²) in [5.74, 6) is -2.33. The Kier molecular flexibility index (Phi) is 4.77. The summed E-state index contributed by atoms with van der Waals surface area (Å²) in [6.45, 7) is 0. The lowest BCUT2D eigenvalue weighted by molar-refractivity contribution is -0.274. The number of aromatic nitrogens is 1. The lowest BCUT2D eigenvalue weighted by atomic mass is 10.2. The number of hydrogen-bond donors (Lipinski definition) is 1. The minimum atomic E-state index is -4.89. The highest BCUT2D eigenvalue weighted by Gasteiger charge is 2.34. The van der Waals surface area contributed by atoms with E-state index >= 15 is 0 Å². The lowest BCUT2D eigenvalue weighted by Crippen LogP contribution is -2.17. The Bertz CT molecular complexity index is 772. The maximum absolute atomic E-state index is 12.7. The van der Waals surface area contributed by atoms with Crippen LogP contribution in [0.1, 0.15) is 16.1 Å². The molecule has 2 rings (SSSR count). The van der Waals surface area contributed by atoms with Gasteiger partial charge in [0, 0.05) is 12.3 Å². The van der Waals surface area contributed by atoms with Crippen LogP contribution in [-0.2, 0) is 6.18 Å². The molecular formula is C14H8F6N2O3. The molecule has 0 saturated heterocycles. The molecule has 11 heteroatoms. The van der Waals surface area contributed by atoms with Gasteiger partial charge in [0.2, 0.25) is 0 Å². The molecule has 0 bridgehead atoms. The van der Waals surface area contributed by atoms with Crippen LogP contribution in [-0.4, -0.2) is 17.3 Å². The van der Waals surface area contributed by atoms with E-state index in [-0.39, 0.29) is 5.75 Å². The molecule has 0 fully saturated rings. The molecule has 0 saturated carbocycles. The van der Waals surface area contributed by atoms with E-state index in [1.807, 2.05) is 0 Å². The molecule has 5 nitrogen and oxygen atoms in total. The largest absolute Gasteiger partial charge is 0.573 e. The highest BCUT2D eigenvalue weighted by molar-refractivity contribution is 5.95. The fraction of sp³-hybridized carbons (Fsp3) is 0.143. The Morgan fingerprint density at radius 2 is 1.56 bits per heavy atom. The van der Waals surface area contributed by atoms with Gasteiger partial charge in [-0.05, 0) is 24.3 Å². The van der Waals surface area contributed by atoms with Crippen LogP contribution in [0.4, 0.5) is 26.3 Å². The summed E-state index contributed by atoms with van der Waals surface area (Å²) >= 11 is 0. The van der Waals surface area contributed by atoms with Crippen LogP contribution in [0.25, 0.3) is 0 Å². The third-order valence-corrected chi connectivity index (χ3v) is 2.71. The van der Waals surface area contributed by atoms with Gasteiger partial charge in [0.15, 0.2) is 0 Å². The van der Waals surface area contributed by atoms with Gasteiger partial charge in [-0.3, -0.25) is 9.78 Å². The number of carbonyl (C=O) groups excluding carboxylic acids is 1. The summed E-state index contributed by atoms with van der Waals surface area (Å²) in [6, 6.07) is 4.26. The average molecular weight is 366 g/mol. The van der Waals surface area contributed by atoms with Gasteiger partial charge in [-0.15, -0.1) is 13.2 Å². The molecule has 0 atom stereocenters. The van der Waals surface area contributed by atoms with Crippen molar-refractivity contribution >= 4 is 5.91 Å². The smallest absolute Gasteiger partial charge is 0.456 e. The highest BCUT2D eigenvalue weighted by atomic mass is 19.4. The van der Waals surface area contributed by atoms with E-state index in [0.717, 1.165) is 24.3 Å². The summed E-state index contributed by atoms with van der Waals surface area (Å²) in [4.78, 5) is 14.3. The van der Waals surface area contributed by atoms with E-state index in [4.69, 9.17) is 10.5 Å². The Morgan fingerprint density at radius 3 is 2.04 bits per heavy atom. The fourth-order valence-electron chi connectivity index (χ4n) is 1.70. The molecule has 2 aromatic rings. The molecular weight excluding hydrogens is 358 g/mol. The van der Waals surface area contributed by atoms with Crippen molar-refractivity contribution in [3.05, 3.63) is 47.8 Å². The maximum Gasteiger partial charge on any atom is 0.573 e. The number of alkyl halides is 6. The van der Waals surface area contributed by atoms with Crippen molar-refractivity contribution in [2.75, 3.05) is 0 Å². The average Bonchev–Trinajstić information content (AvgIpc) is 2.46. The number of primary amides is 1. The second kappa shape index (κ2) is 6.49. The molecule has 1 amide bonds. The van der Waals surface area contributed by atoms with Crippen LogP contribution in [0.15, 0.2) is 36.5 Å². The van der Waals surface area contributed by atoms with E-state index < -0.39 is 41.2 Å². The molecule has 1 heterocycles. The zero-order chi connectivity index (χ0) is 18.8. The molecule has 0 aliphatic rings. The van der Waals surface area contributed by atoms with Crippen molar-refractivity contribution in [2.45, 2.75) is 12.5 Å². The van der Waals surface area contributed by atoms with E-state index in [1.54, 1.807) is 0 Å². The zero-order valence-electron chi connectivity index (χ0n) is 12.0. The van der Waals surface area contributed by atoms with Gasteiger partial charge < -0.3 is 15.2 Å². The van der Waals surface area contributed by atoms with Crippen molar-refractivity contribution < 1.29 is 40.6 Å². The third kappa shape index (κ3) is 4.99. The minimum absolute atomic E-state index is 0.142. The van der Waals surface area contributed by atoms with Gasteiger partial charge in [-0.25, -0.2) is 0 Å². The number of carbonyl (C=O) groups is 1. The van der Waals surface area contributed by atoms with E-state index in [0.29, 0.717) is 12.3 Å². The van der Waals surface area contributed by atoms with Gasteiger partial charge in [-0.1, -0.05) is 0 Å². The van der Waals surface area contributed by atoms with Crippen molar-refractivity contribution in [3.63, 3.8) is 0 Å². The quantitative estimate of drug-likeness (QED) is 0.833. The molecule has 2 N–H and O–H groups in total. The number of nitrogens with zero attached hydrogens (tertiary/aromatic N) is 1. The number of pyridine rings is 1. The van der Waals surface area contributed by atoms with Gasteiger partial charge >= 0.3 is 12.5 Å². The van der Waals surface area contributed by atoms with Crippen molar-refractivity contribution in [2.24, 2.45) is 5.73 Å². The first-order chi connectivity index (χ1) is 11.5. The Morgan fingerprint density at radius 1 is 1.00 bits per heavy atom. The molecule has 0 spiro atoms. The molecule has 1 aromatic carbocycles. The summed E-state index contributed by atoms with van der Waals surface area (Å²) in [5, 5.41) is 0. The SMILES string of the molecule is NC(=O)c1cnc(C(F)(F)F)cc1Oc1ccc(OC(F)(F)F)cc1. The molecule has 0 aliphatic carbocycles. The van der Waals surface area contributed by atoms with Crippen LogP contribution in [0.2, 0.25) is 0 Å². The summed E-state index contributed by atoms with van der Waals surface area (Å²) < 4.78 is 83.0. The van der Waals surface area contributed by atoms with E-state index in [2.05, 4.69) is 9.72 Å². The second-order valence-corrected chi connectivity index (χ2v) is 4.55. The van der Waals surface area contributed by atoms with Crippen LogP contribution in [0.3, 0.4) is 0 Å². The zero-order valence-corrected chi connectivity index (χ0v) is 12.0. The van der Waals surface area contributed by atoms with Crippen LogP contribution < -0.4 is 15.2 Å². The van der Waals surface area contributed by atoms with Gasteiger partial charge in [0.25, 0.3) is 5.91 Å². The first kappa shape index (κ1) is 18.4. The molecule has 1 aromatic heterocycles. The summed E-state index contributed by atoms with van der Waals surface area (Å²) in [7, 11) is 0. The highest BCUT2D eigenvalue weighted by Crippen LogP contribution is 2.34. The molecule has 134 valence electrons. The first-order valence-corrected chi connectivity index (χ1v) is 6.36. The number of amides is 1. The predicted octanol–water partition coefficient (Wildman–Crippen LogP) is 3.89. The van der Waals surface area contributed by atoms with Crippen LogP contribution in [0.5, 0.6) is 17.2 Å². The lowest BCUT2D eigenvalue weighted by Gasteiger charge is -2.13. The number of hydrogen-bond acceptors (Lipinski definition) is 4. The standard InChI is InChI=1S/C14H8F6N2O3/c15-13(16,17)11-5-10(9(6-22-11)12(21)23)24-7-1-3-8(4-2-7)25-14(18,19)20/h1-6H,(H2,21,23). The van der Waals surface area contributed by atoms with Crippen molar-refractivity contribution in [1.82, 2.24) is 4.98 Å². The van der Waals surface area contributed by atoms with Crippen LogP contribution >= 0.6 is 0 Å². The summed E-state index contributed by atoms with van der Waals surface area (Å²) in [5.41, 5.74) is 3.28. The predicted molar refractivity (Wildman–Crippen MR) is 71.0 cm³/mol. The van der Waals surface area contributed by atoms with Gasteiger partial charge in [-0.2, -0.15) is 13.2 Å². The first-order valence-electron chi connectivity index (χ1n) is 6.36. The van der Waals surface area contributed by atoms with Gasteiger partial charge in [0.05, 0.1) is 0 Å². The Balaban J connectivity index is 2.30. The number of ether oxygens (including phenoxy) is 2. The van der Waals surface area contributed by atoms with E-state index in [1.165, 1.54) is 0 Å². The number of halogens is 6. The molecule has 0 radical (unpaired) electrons. The topological polar surface area (TPSA) is 74.4 Å². The Hall–Kier alpha value is -2.98. The van der Waals surface area contributed by atoms with Crippen LogP contribution in [0, 0.1) is 0 Å². The maximum atomic E-state index is 12.7. The number of rotatable bonds is 4. The van der Waals surface area contributed by atoms with Crippen molar-refractivity contribution in [1.29, 1.82) is 0 Å². The number of nitrogens with two attached hydrogens (primary N) is 1. The molecule has 0 aliphatic heterocycles. The molecule has 0 unspecified atom stereocenters. The van der Waals surface area contributed by atoms with E-state index in [9.17, 15) is 31.1 Å². The molecule has 25 heavy (non-hydrogen) atoms. The third-order valence-electron chi connectivity index (χ3n) is 2.71. The number of benzene rings is 1. The minimum Gasteiger partial charge on any atom is -0.456 e. The Labute approximate surface area is 136 Å².